The number of fused-ring (bicyclic) bond motifs is 1. The molecule has 0 saturated carbocycles. The monoisotopic (exact) mass is 225 g/mol. The van der Waals surface area contributed by atoms with Crippen molar-refractivity contribution in [3.63, 3.8) is 0 Å². The Kier molecular flexibility index (Phi) is 2.67. The lowest BCUT2D eigenvalue weighted by molar-refractivity contribution is -0.137. The van der Waals surface area contributed by atoms with Crippen LogP contribution in [0, 0.1) is 11.8 Å². The summed E-state index contributed by atoms with van der Waals surface area (Å²) >= 11 is 0. The number of rotatable bonds is 1. The van der Waals surface area contributed by atoms with Gasteiger partial charge in [-0.3, -0.25) is 19.7 Å². The van der Waals surface area contributed by atoms with Crippen molar-refractivity contribution < 1.29 is 14.4 Å². The lowest BCUT2D eigenvalue weighted by atomic mass is 9.87. The number of carbonyl (C=O) groups is 3. The highest BCUT2D eigenvalue weighted by molar-refractivity contribution is 6.05. The molecule has 0 aromatic rings. The molecule has 2 rings (SSSR count). The Morgan fingerprint density at radius 1 is 1.44 bits per heavy atom. The molecule has 2 saturated heterocycles. The molecule has 2 fully saturated rings. The fraction of sp³-hybridized carbons (Fsp3) is 0.700. The molecule has 0 bridgehead atoms. The number of nitrogens with one attached hydrogen (secondary N) is 1. The van der Waals surface area contributed by atoms with Gasteiger partial charge in [-0.05, 0) is 13.3 Å². The first-order valence-corrected chi connectivity index (χ1v) is 5.39. The number of nitrogens with zero attached hydrogens (tertiary/aromatic N) is 1. The van der Waals surface area contributed by atoms with Crippen LogP contribution in [-0.2, 0) is 14.4 Å². The Bertz CT molecular complexity index is 353. The van der Waals surface area contributed by atoms with Crippen LogP contribution in [0.2, 0.25) is 0 Å². The van der Waals surface area contributed by atoms with E-state index in [9.17, 15) is 14.4 Å². The third-order valence-electron chi connectivity index (χ3n) is 3.23. The molecule has 2 aliphatic heterocycles. The first-order chi connectivity index (χ1) is 7.50. The number of hydrogen-bond acceptors (Lipinski definition) is 4. The lowest BCUT2D eigenvalue weighted by Gasteiger charge is -2.33. The van der Waals surface area contributed by atoms with E-state index in [0.29, 0.717) is 19.5 Å². The molecule has 2 heterocycles. The van der Waals surface area contributed by atoms with E-state index in [4.69, 9.17) is 5.73 Å². The number of nitrogens with two attached hydrogens (primary N) is 1. The Labute approximate surface area is 93.1 Å². The summed E-state index contributed by atoms with van der Waals surface area (Å²) < 4.78 is 0. The van der Waals surface area contributed by atoms with Crippen molar-refractivity contribution >= 4 is 17.7 Å². The smallest absolute Gasteiger partial charge is 0.239 e. The van der Waals surface area contributed by atoms with Crippen LogP contribution in [0.3, 0.4) is 0 Å². The number of carbonyl (C=O) groups excluding carboxylic acids is 3. The van der Waals surface area contributed by atoms with Crippen LogP contribution < -0.4 is 11.1 Å². The van der Waals surface area contributed by atoms with Crippen LogP contribution in [0.1, 0.15) is 13.3 Å². The highest BCUT2D eigenvalue weighted by Gasteiger charge is 2.45. The van der Waals surface area contributed by atoms with Gasteiger partial charge in [0.05, 0.1) is 17.9 Å². The molecule has 0 aromatic heterocycles. The van der Waals surface area contributed by atoms with Crippen LogP contribution in [0.25, 0.3) is 0 Å². The maximum atomic E-state index is 11.7. The number of piperidine rings is 1. The average Bonchev–Trinajstić information content (AvgIpc) is 2.53. The molecule has 16 heavy (non-hydrogen) atoms. The average molecular weight is 225 g/mol. The van der Waals surface area contributed by atoms with Gasteiger partial charge in [0.2, 0.25) is 17.7 Å². The summed E-state index contributed by atoms with van der Waals surface area (Å²) in [4.78, 5) is 36.1. The zero-order valence-electron chi connectivity index (χ0n) is 9.10. The van der Waals surface area contributed by atoms with E-state index in [1.54, 1.807) is 11.8 Å². The Hall–Kier alpha value is -1.43. The maximum absolute atomic E-state index is 11.7. The molecule has 3 N–H and O–H groups in total. The molecule has 3 amide bonds. The Morgan fingerprint density at radius 3 is 2.69 bits per heavy atom. The zero-order chi connectivity index (χ0) is 11.9. The highest BCUT2D eigenvalue weighted by atomic mass is 16.2. The SMILES string of the molecule is C[C@H](N)C(=O)N1CC[C@H]2C(=O)NC(=O)[C@H]2C1. The summed E-state index contributed by atoms with van der Waals surface area (Å²) in [6, 6.07) is -0.559. The molecule has 2 aliphatic rings. The topological polar surface area (TPSA) is 92.5 Å². The quantitative estimate of drug-likeness (QED) is 0.529. The summed E-state index contributed by atoms with van der Waals surface area (Å²) in [5.74, 6) is -1.28. The third kappa shape index (κ3) is 1.69. The minimum absolute atomic E-state index is 0.161. The molecule has 6 heteroatoms. The van der Waals surface area contributed by atoms with Crippen LogP contribution in [0.15, 0.2) is 0 Å². The first kappa shape index (κ1) is 11.1. The van der Waals surface area contributed by atoms with Crippen molar-refractivity contribution in [1.29, 1.82) is 0 Å². The molecule has 6 nitrogen and oxygen atoms in total. The van der Waals surface area contributed by atoms with Gasteiger partial charge in [0.25, 0.3) is 0 Å². The van der Waals surface area contributed by atoms with E-state index in [1.165, 1.54) is 0 Å². The van der Waals surface area contributed by atoms with Crippen LogP contribution in [0.4, 0.5) is 0 Å². The number of likely N-dealkylation sites (tertiary alicyclic amines) is 1. The first-order valence-electron chi connectivity index (χ1n) is 5.39. The second-order valence-corrected chi connectivity index (χ2v) is 4.43. The van der Waals surface area contributed by atoms with Gasteiger partial charge in [-0.2, -0.15) is 0 Å². The second kappa shape index (κ2) is 3.86. The van der Waals surface area contributed by atoms with Crippen molar-refractivity contribution in [2.45, 2.75) is 19.4 Å². The van der Waals surface area contributed by atoms with Crippen molar-refractivity contribution in [2.75, 3.05) is 13.1 Å². The summed E-state index contributed by atoms with van der Waals surface area (Å²) in [5.41, 5.74) is 5.51. The van der Waals surface area contributed by atoms with Crippen molar-refractivity contribution in [3.8, 4) is 0 Å². The van der Waals surface area contributed by atoms with Gasteiger partial charge in [-0.1, -0.05) is 0 Å². The van der Waals surface area contributed by atoms with E-state index < -0.39 is 6.04 Å². The molecule has 0 aromatic carbocycles. The van der Waals surface area contributed by atoms with Gasteiger partial charge < -0.3 is 10.6 Å². The molecule has 88 valence electrons. The number of amides is 3. The standard InChI is InChI=1S/C10H15N3O3/c1-5(11)10(16)13-3-2-6-7(4-13)9(15)12-8(6)14/h5-7H,2-4,11H2,1H3,(H,12,14,15)/t5-,6+,7-/m0/s1. The summed E-state index contributed by atoms with van der Waals surface area (Å²) in [6.07, 6.45) is 0.542. The fourth-order valence-electron chi connectivity index (χ4n) is 2.33. The normalized spacial score (nSPS) is 31.0. The molecule has 0 spiro atoms. The molecule has 3 atom stereocenters. The van der Waals surface area contributed by atoms with Crippen molar-refractivity contribution in [1.82, 2.24) is 10.2 Å². The Balaban J connectivity index is 2.08. The van der Waals surface area contributed by atoms with Crippen LogP contribution in [-0.4, -0.2) is 41.8 Å². The van der Waals surface area contributed by atoms with Gasteiger partial charge >= 0.3 is 0 Å². The predicted molar refractivity (Wildman–Crippen MR) is 55.0 cm³/mol. The van der Waals surface area contributed by atoms with E-state index in [0.717, 1.165) is 0 Å². The van der Waals surface area contributed by atoms with E-state index in [-0.39, 0.29) is 29.6 Å². The van der Waals surface area contributed by atoms with E-state index in [2.05, 4.69) is 5.32 Å². The molecule has 0 unspecified atom stereocenters. The third-order valence-corrected chi connectivity index (χ3v) is 3.23. The summed E-state index contributed by atoms with van der Waals surface area (Å²) in [5, 5.41) is 2.30. The zero-order valence-corrected chi connectivity index (χ0v) is 9.10. The fourth-order valence-corrected chi connectivity index (χ4v) is 2.33. The van der Waals surface area contributed by atoms with Gasteiger partial charge in [0.1, 0.15) is 0 Å². The van der Waals surface area contributed by atoms with Gasteiger partial charge in [0, 0.05) is 13.1 Å². The predicted octanol–water partition coefficient (Wildman–Crippen LogP) is -1.55. The number of hydrogen-bond donors (Lipinski definition) is 2. The number of imide groups is 1. The summed E-state index contributed by atoms with van der Waals surface area (Å²) in [6.45, 7) is 2.43. The van der Waals surface area contributed by atoms with Gasteiger partial charge in [-0.25, -0.2) is 0 Å². The highest BCUT2D eigenvalue weighted by Crippen LogP contribution is 2.28. The molecular formula is C10H15N3O3. The van der Waals surface area contributed by atoms with Crippen LogP contribution >= 0.6 is 0 Å². The van der Waals surface area contributed by atoms with Crippen LogP contribution in [0.5, 0.6) is 0 Å². The van der Waals surface area contributed by atoms with E-state index in [1.807, 2.05) is 0 Å². The van der Waals surface area contributed by atoms with Crippen molar-refractivity contribution in [3.05, 3.63) is 0 Å². The van der Waals surface area contributed by atoms with Crippen molar-refractivity contribution in [2.24, 2.45) is 17.6 Å². The largest absolute Gasteiger partial charge is 0.341 e. The lowest BCUT2D eigenvalue weighted by Crippen LogP contribution is -2.49. The Morgan fingerprint density at radius 2 is 2.06 bits per heavy atom. The molecular weight excluding hydrogens is 210 g/mol. The van der Waals surface area contributed by atoms with Gasteiger partial charge in [0.15, 0.2) is 0 Å². The van der Waals surface area contributed by atoms with E-state index >= 15 is 0 Å². The second-order valence-electron chi connectivity index (χ2n) is 4.43. The molecule has 0 radical (unpaired) electrons. The summed E-state index contributed by atoms with van der Waals surface area (Å²) in [7, 11) is 0. The minimum atomic E-state index is -0.559. The maximum Gasteiger partial charge on any atom is 0.239 e. The van der Waals surface area contributed by atoms with Gasteiger partial charge in [-0.15, -0.1) is 0 Å². The minimum Gasteiger partial charge on any atom is -0.341 e. The molecule has 0 aliphatic carbocycles.